The summed E-state index contributed by atoms with van der Waals surface area (Å²) in [6.45, 7) is 4.57. The molecule has 1 N–H and O–H groups in total. The number of rotatable bonds is 7. The van der Waals surface area contributed by atoms with Gasteiger partial charge in [-0.1, -0.05) is 41.9 Å². The molecular formula is C20H22ClN5O3. The van der Waals surface area contributed by atoms with Crippen molar-refractivity contribution in [1.82, 2.24) is 15.2 Å². The number of carbonyl (C=O) groups is 1. The van der Waals surface area contributed by atoms with E-state index >= 15 is 0 Å². The summed E-state index contributed by atoms with van der Waals surface area (Å²) in [6.07, 6.45) is 1.31. The Morgan fingerprint density at radius 2 is 1.83 bits per heavy atom. The van der Waals surface area contributed by atoms with Crippen LogP contribution in [0, 0.1) is 10.1 Å². The van der Waals surface area contributed by atoms with E-state index in [0.717, 1.165) is 32.7 Å². The van der Waals surface area contributed by atoms with Gasteiger partial charge in [-0.05, 0) is 11.6 Å². The first-order valence-electron chi connectivity index (χ1n) is 9.26. The molecule has 152 valence electrons. The number of nitrogens with one attached hydrogen (secondary N) is 1. The molecule has 0 bridgehead atoms. The van der Waals surface area contributed by atoms with Gasteiger partial charge in [0, 0.05) is 55.4 Å². The van der Waals surface area contributed by atoms with Gasteiger partial charge >= 0.3 is 0 Å². The van der Waals surface area contributed by atoms with E-state index < -0.39 is 4.92 Å². The van der Waals surface area contributed by atoms with Gasteiger partial charge in [-0.25, -0.2) is 5.43 Å². The van der Waals surface area contributed by atoms with E-state index in [9.17, 15) is 14.9 Å². The molecule has 1 amide bonds. The van der Waals surface area contributed by atoms with Gasteiger partial charge < -0.3 is 0 Å². The van der Waals surface area contributed by atoms with Crippen LogP contribution in [-0.2, 0) is 11.3 Å². The molecule has 3 rings (SSSR count). The van der Waals surface area contributed by atoms with Crippen molar-refractivity contribution in [2.24, 2.45) is 5.10 Å². The number of piperazine rings is 1. The number of halogens is 1. The summed E-state index contributed by atoms with van der Waals surface area (Å²) >= 11 is 6.00. The molecule has 0 unspecified atom stereocenters. The number of hydrogen-bond donors (Lipinski definition) is 1. The van der Waals surface area contributed by atoms with Crippen LogP contribution in [0.1, 0.15) is 11.1 Å². The lowest BCUT2D eigenvalue weighted by Gasteiger charge is -2.34. The minimum absolute atomic E-state index is 0.0875. The summed E-state index contributed by atoms with van der Waals surface area (Å²) in [7, 11) is 0. The van der Waals surface area contributed by atoms with Crippen LogP contribution in [0.15, 0.2) is 53.6 Å². The molecule has 0 aliphatic carbocycles. The molecule has 0 aromatic heterocycles. The van der Waals surface area contributed by atoms with Crippen molar-refractivity contribution in [3.05, 3.63) is 74.8 Å². The summed E-state index contributed by atoms with van der Waals surface area (Å²) in [5.41, 5.74) is 4.02. The van der Waals surface area contributed by atoms with Crippen molar-refractivity contribution in [1.29, 1.82) is 0 Å². The van der Waals surface area contributed by atoms with Crippen molar-refractivity contribution in [3.8, 4) is 0 Å². The van der Waals surface area contributed by atoms with Gasteiger partial charge in [0.1, 0.15) is 0 Å². The summed E-state index contributed by atoms with van der Waals surface area (Å²) in [6, 6.07) is 14.4. The standard InChI is InChI=1S/C20H22ClN5O3/c21-19-7-6-18(26(28)29)12-17(19)13-22-23-20(27)15-25-10-8-24(9-11-25)14-16-4-2-1-3-5-16/h1-7,12-13H,8-11,14-15H2,(H,23,27)/b22-13-. The molecule has 1 fully saturated rings. The second-order valence-electron chi connectivity index (χ2n) is 6.79. The average Bonchev–Trinajstić information content (AvgIpc) is 2.71. The van der Waals surface area contributed by atoms with Gasteiger partial charge in [-0.2, -0.15) is 5.10 Å². The third-order valence-corrected chi connectivity index (χ3v) is 5.01. The maximum atomic E-state index is 12.1. The zero-order valence-electron chi connectivity index (χ0n) is 15.8. The number of hydrogen-bond acceptors (Lipinski definition) is 6. The third kappa shape index (κ3) is 6.35. The number of nitro benzene ring substituents is 1. The summed E-state index contributed by atoms with van der Waals surface area (Å²) < 4.78 is 0. The fraction of sp³-hybridized carbons (Fsp3) is 0.300. The van der Waals surface area contributed by atoms with Gasteiger partial charge in [0.05, 0.1) is 17.7 Å². The third-order valence-electron chi connectivity index (χ3n) is 4.66. The topological polar surface area (TPSA) is 91.1 Å². The number of amides is 1. The van der Waals surface area contributed by atoms with Crippen molar-refractivity contribution < 1.29 is 9.72 Å². The number of non-ortho nitro benzene ring substituents is 1. The van der Waals surface area contributed by atoms with Crippen LogP contribution < -0.4 is 5.43 Å². The second kappa shape index (κ2) is 10.1. The van der Waals surface area contributed by atoms with Crippen LogP contribution in [0.2, 0.25) is 5.02 Å². The van der Waals surface area contributed by atoms with E-state index in [1.807, 2.05) is 18.2 Å². The van der Waals surface area contributed by atoms with Crippen molar-refractivity contribution in [2.45, 2.75) is 6.54 Å². The van der Waals surface area contributed by atoms with Gasteiger partial charge in [-0.3, -0.25) is 24.7 Å². The minimum atomic E-state index is -0.510. The Balaban J connectivity index is 1.43. The molecule has 0 spiro atoms. The summed E-state index contributed by atoms with van der Waals surface area (Å²) in [4.78, 5) is 26.9. The normalized spacial score (nSPS) is 15.5. The zero-order chi connectivity index (χ0) is 20.6. The van der Waals surface area contributed by atoms with Crippen molar-refractivity contribution in [3.63, 3.8) is 0 Å². The van der Waals surface area contributed by atoms with E-state index in [4.69, 9.17) is 11.6 Å². The van der Waals surface area contributed by atoms with Crippen LogP contribution >= 0.6 is 11.6 Å². The maximum absolute atomic E-state index is 12.1. The van der Waals surface area contributed by atoms with Gasteiger partial charge in [0.2, 0.25) is 0 Å². The molecule has 0 saturated carbocycles. The fourth-order valence-electron chi connectivity index (χ4n) is 3.10. The molecule has 9 heteroatoms. The van der Waals surface area contributed by atoms with Crippen LogP contribution in [0.3, 0.4) is 0 Å². The zero-order valence-corrected chi connectivity index (χ0v) is 16.6. The molecule has 1 heterocycles. The molecule has 0 radical (unpaired) electrons. The Hall–Kier alpha value is -2.81. The molecule has 2 aromatic carbocycles. The molecule has 8 nitrogen and oxygen atoms in total. The second-order valence-corrected chi connectivity index (χ2v) is 7.20. The lowest BCUT2D eigenvalue weighted by atomic mass is 10.2. The Labute approximate surface area is 173 Å². The van der Waals surface area contributed by atoms with Crippen LogP contribution in [0.25, 0.3) is 0 Å². The molecule has 1 aliphatic rings. The molecule has 1 saturated heterocycles. The van der Waals surface area contributed by atoms with Gasteiger partial charge in [-0.15, -0.1) is 0 Å². The van der Waals surface area contributed by atoms with E-state index in [-0.39, 0.29) is 18.1 Å². The first-order chi connectivity index (χ1) is 14.0. The molecule has 1 aliphatic heterocycles. The number of nitro groups is 1. The number of nitrogens with zero attached hydrogens (tertiary/aromatic N) is 4. The van der Waals surface area contributed by atoms with E-state index in [0.29, 0.717) is 10.6 Å². The highest BCUT2D eigenvalue weighted by Gasteiger charge is 2.18. The smallest absolute Gasteiger partial charge is 0.270 e. The lowest BCUT2D eigenvalue weighted by Crippen LogP contribution is -2.48. The maximum Gasteiger partial charge on any atom is 0.270 e. The van der Waals surface area contributed by atoms with Crippen LogP contribution in [-0.4, -0.2) is 59.6 Å². The monoisotopic (exact) mass is 415 g/mol. The minimum Gasteiger partial charge on any atom is -0.297 e. The first-order valence-corrected chi connectivity index (χ1v) is 9.63. The summed E-state index contributed by atoms with van der Waals surface area (Å²) in [5, 5.41) is 15.0. The van der Waals surface area contributed by atoms with E-state index in [2.05, 4.69) is 32.5 Å². The molecule has 29 heavy (non-hydrogen) atoms. The van der Waals surface area contributed by atoms with Crippen molar-refractivity contribution in [2.75, 3.05) is 32.7 Å². The molecule has 0 atom stereocenters. The predicted molar refractivity (Wildman–Crippen MR) is 112 cm³/mol. The van der Waals surface area contributed by atoms with Crippen LogP contribution in [0.4, 0.5) is 5.69 Å². The van der Waals surface area contributed by atoms with Gasteiger partial charge in [0.25, 0.3) is 11.6 Å². The number of benzene rings is 2. The summed E-state index contributed by atoms with van der Waals surface area (Å²) in [5.74, 6) is -0.237. The molecule has 2 aromatic rings. The first kappa shape index (κ1) is 20.9. The Bertz CT molecular complexity index is 883. The highest BCUT2D eigenvalue weighted by Crippen LogP contribution is 2.20. The average molecular weight is 416 g/mol. The molecular weight excluding hydrogens is 394 g/mol. The van der Waals surface area contributed by atoms with Gasteiger partial charge in [0.15, 0.2) is 0 Å². The van der Waals surface area contributed by atoms with Crippen LogP contribution in [0.5, 0.6) is 0 Å². The van der Waals surface area contributed by atoms with Crippen molar-refractivity contribution >= 4 is 29.4 Å². The Morgan fingerprint density at radius 3 is 2.52 bits per heavy atom. The Morgan fingerprint density at radius 1 is 1.14 bits per heavy atom. The fourth-order valence-corrected chi connectivity index (χ4v) is 3.27. The largest absolute Gasteiger partial charge is 0.297 e. The highest BCUT2D eigenvalue weighted by molar-refractivity contribution is 6.33. The van der Waals surface area contributed by atoms with E-state index in [1.165, 1.54) is 30.0 Å². The quantitative estimate of drug-likeness (QED) is 0.426. The predicted octanol–water partition coefficient (Wildman–Crippen LogP) is 2.52. The Kier molecular flexibility index (Phi) is 7.29. The number of carbonyl (C=O) groups excluding carboxylic acids is 1. The van der Waals surface area contributed by atoms with E-state index in [1.54, 1.807) is 0 Å². The lowest BCUT2D eigenvalue weighted by molar-refractivity contribution is -0.384. The SMILES string of the molecule is O=C(CN1CCN(Cc2ccccc2)CC1)N/N=C\c1cc([N+](=O)[O-])ccc1Cl. The number of hydrazone groups is 1. The highest BCUT2D eigenvalue weighted by atomic mass is 35.5.